The van der Waals surface area contributed by atoms with Crippen molar-refractivity contribution < 1.29 is 14.7 Å². The Bertz CT molecular complexity index is 204. The van der Waals surface area contributed by atoms with Crippen LogP contribution in [0.25, 0.3) is 0 Å². The lowest BCUT2D eigenvalue weighted by atomic mass is 10.3. The maximum atomic E-state index is 11.0. The number of hydrogen-bond acceptors (Lipinski definition) is 2. The van der Waals surface area contributed by atoms with Crippen LogP contribution in [-0.2, 0) is 4.79 Å². The Morgan fingerprint density at radius 3 is 2.36 bits per heavy atom. The van der Waals surface area contributed by atoms with Crippen LogP contribution in [0.5, 0.6) is 0 Å². The number of rotatable bonds is 1. The van der Waals surface area contributed by atoms with Gasteiger partial charge in [0.25, 0.3) is 0 Å². The molecular weight excluding hydrogens is 148 g/mol. The van der Waals surface area contributed by atoms with Crippen LogP contribution in [0.3, 0.4) is 0 Å². The second kappa shape index (κ2) is 2.41. The fourth-order valence-corrected chi connectivity index (χ4v) is 1.11. The number of nitrogens with zero attached hydrogens (tertiary/aromatic N) is 2. The molecule has 0 aromatic rings. The van der Waals surface area contributed by atoms with Crippen LogP contribution >= 0.6 is 0 Å². The monoisotopic (exact) mass is 158 g/mol. The van der Waals surface area contributed by atoms with Crippen LogP contribution in [0.1, 0.15) is 0 Å². The summed E-state index contributed by atoms with van der Waals surface area (Å²) < 4.78 is 0. The fourth-order valence-electron chi connectivity index (χ4n) is 1.11. The molecule has 1 aliphatic rings. The van der Waals surface area contributed by atoms with E-state index in [1.54, 1.807) is 7.05 Å². The van der Waals surface area contributed by atoms with Gasteiger partial charge < -0.3 is 14.9 Å². The number of carboxylic acids is 1. The van der Waals surface area contributed by atoms with Crippen molar-refractivity contribution in [2.45, 2.75) is 6.04 Å². The van der Waals surface area contributed by atoms with Gasteiger partial charge in [-0.1, -0.05) is 0 Å². The second-order valence-electron chi connectivity index (χ2n) is 2.63. The Labute approximate surface area is 64.2 Å². The fraction of sp³-hybridized carbons (Fsp3) is 0.667. The SMILES string of the molecule is CN1C[C@@H](C(=O)O)N(C)C1=O. The van der Waals surface area contributed by atoms with Crippen molar-refractivity contribution in [2.75, 3.05) is 20.6 Å². The Morgan fingerprint density at radius 1 is 1.64 bits per heavy atom. The van der Waals surface area contributed by atoms with Crippen molar-refractivity contribution in [1.29, 1.82) is 0 Å². The molecule has 0 spiro atoms. The van der Waals surface area contributed by atoms with E-state index in [0.29, 0.717) is 0 Å². The Hall–Kier alpha value is -1.26. The van der Waals surface area contributed by atoms with Crippen LogP contribution in [0.2, 0.25) is 0 Å². The smallest absolute Gasteiger partial charge is 0.328 e. The molecule has 1 saturated heterocycles. The van der Waals surface area contributed by atoms with Gasteiger partial charge in [-0.05, 0) is 0 Å². The predicted molar refractivity (Wildman–Crippen MR) is 37.2 cm³/mol. The lowest BCUT2D eigenvalue weighted by Gasteiger charge is -2.12. The minimum atomic E-state index is -0.954. The molecule has 0 aromatic carbocycles. The number of carbonyl (C=O) groups is 2. The van der Waals surface area contributed by atoms with Crippen molar-refractivity contribution >= 4 is 12.0 Å². The van der Waals surface area contributed by atoms with Gasteiger partial charge in [-0.15, -0.1) is 0 Å². The number of amides is 2. The van der Waals surface area contributed by atoms with Crippen LogP contribution in [-0.4, -0.2) is 53.6 Å². The van der Waals surface area contributed by atoms with Gasteiger partial charge in [0, 0.05) is 14.1 Å². The van der Waals surface area contributed by atoms with Crippen LogP contribution in [0.4, 0.5) is 4.79 Å². The second-order valence-corrected chi connectivity index (χ2v) is 2.63. The number of hydrogen-bond donors (Lipinski definition) is 1. The summed E-state index contributed by atoms with van der Waals surface area (Å²) in [5.41, 5.74) is 0. The first-order valence-corrected chi connectivity index (χ1v) is 3.24. The van der Waals surface area contributed by atoms with E-state index in [4.69, 9.17) is 5.11 Å². The number of carboxylic acid groups (broad SMARTS) is 1. The molecule has 1 rings (SSSR count). The molecule has 1 aliphatic heterocycles. The van der Waals surface area contributed by atoms with E-state index >= 15 is 0 Å². The van der Waals surface area contributed by atoms with E-state index in [0.717, 1.165) is 0 Å². The lowest BCUT2D eigenvalue weighted by Crippen LogP contribution is -2.36. The normalized spacial score (nSPS) is 24.5. The van der Waals surface area contributed by atoms with Gasteiger partial charge >= 0.3 is 12.0 Å². The minimum Gasteiger partial charge on any atom is -0.480 e. The van der Waals surface area contributed by atoms with Gasteiger partial charge in [-0.25, -0.2) is 9.59 Å². The standard InChI is InChI=1S/C6H10N2O3/c1-7-3-4(5(9)10)8(2)6(7)11/h4H,3H2,1-2H3,(H,9,10)/t4-/m0/s1. The molecule has 0 radical (unpaired) electrons. The third-order valence-electron chi connectivity index (χ3n) is 1.83. The highest BCUT2D eigenvalue weighted by atomic mass is 16.4. The first kappa shape index (κ1) is 7.84. The first-order chi connectivity index (χ1) is 5.04. The molecule has 5 heteroatoms. The summed E-state index contributed by atoms with van der Waals surface area (Å²) in [5.74, 6) is -0.954. The first-order valence-electron chi connectivity index (χ1n) is 3.24. The molecule has 11 heavy (non-hydrogen) atoms. The number of aliphatic carboxylic acids is 1. The van der Waals surface area contributed by atoms with Crippen molar-refractivity contribution in [3.8, 4) is 0 Å². The van der Waals surface area contributed by atoms with Gasteiger partial charge in [0.2, 0.25) is 0 Å². The summed E-state index contributed by atoms with van der Waals surface area (Å²) in [7, 11) is 3.08. The molecule has 1 heterocycles. The molecule has 0 unspecified atom stereocenters. The Morgan fingerprint density at radius 2 is 2.18 bits per heavy atom. The minimum absolute atomic E-state index is 0.239. The lowest BCUT2D eigenvalue weighted by molar-refractivity contribution is -0.140. The summed E-state index contributed by atoms with van der Waals surface area (Å²) in [6, 6.07) is -0.926. The van der Waals surface area contributed by atoms with Gasteiger partial charge in [0.15, 0.2) is 0 Å². The molecule has 0 saturated carbocycles. The Kier molecular flexibility index (Phi) is 1.72. The van der Waals surface area contributed by atoms with Gasteiger partial charge in [-0.2, -0.15) is 0 Å². The topological polar surface area (TPSA) is 60.9 Å². The zero-order valence-electron chi connectivity index (χ0n) is 6.44. The highest BCUT2D eigenvalue weighted by molar-refractivity contribution is 5.86. The average Bonchev–Trinajstić information content (AvgIpc) is 2.17. The quantitative estimate of drug-likeness (QED) is 0.556. The molecule has 0 aromatic heterocycles. The zero-order chi connectivity index (χ0) is 8.59. The van der Waals surface area contributed by atoms with Crippen molar-refractivity contribution in [2.24, 2.45) is 0 Å². The van der Waals surface area contributed by atoms with Crippen LogP contribution < -0.4 is 0 Å². The maximum absolute atomic E-state index is 11.0. The van der Waals surface area contributed by atoms with Gasteiger partial charge in [0.05, 0.1) is 6.54 Å². The number of urea groups is 1. The summed E-state index contributed by atoms with van der Waals surface area (Å²) >= 11 is 0. The molecule has 0 aliphatic carbocycles. The van der Waals surface area contributed by atoms with Crippen molar-refractivity contribution in [1.82, 2.24) is 9.80 Å². The predicted octanol–water partition coefficient (Wildman–Crippen LogP) is -0.563. The average molecular weight is 158 g/mol. The molecule has 0 bridgehead atoms. The van der Waals surface area contributed by atoms with Crippen molar-refractivity contribution in [3.63, 3.8) is 0 Å². The highest BCUT2D eigenvalue weighted by Crippen LogP contribution is 2.11. The summed E-state index contributed by atoms with van der Waals surface area (Å²) in [4.78, 5) is 24.1. The maximum Gasteiger partial charge on any atom is 0.328 e. The Balaban J connectivity index is 2.75. The zero-order valence-corrected chi connectivity index (χ0v) is 6.44. The molecular formula is C6H10N2O3. The third kappa shape index (κ3) is 1.13. The largest absolute Gasteiger partial charge is 0.480 e. The highest BCUT2D eigenvalue weighted by Gasteiger charge is 2.36. The molecule has 1 fully saturated rings. The number of likely N-dealkylation sites (N-methyl/N-ethyl adjacent to an activating group) is 2. The summed E-state index contributed by atoms with van der Waals surface area (Å²) in [6.07, 6.45) is 0. The van der Waals surface area contributed by atoms with Crippen LogP contribution in [0.15, 0.2) is 0 Å². The molecule has 5 nitrogen and oxygen atoms in total. The molecule has 2 amide bonds. The van der Waals surface area contributed by atoms with E-state index in [2.05, 4.69) is 0 Å². The van der Waals surface area contributed by atoms with E-state index < -0.39 is 12.0 Å². The van der Waals surface area contributed by atoms with Crippen molar-refractivity contribution in [3.05, 3.63) is 0 Å². The third-order valence-corrected chi connectivity index (χ3v) is 1.83. The van der Waals surface area contributed by atoms with E-state index in [1.807, 2.05) is 0 Å². The van der Waals surface area contributed by atoms with Crippen LogP contribution in [0, 0.1) is 0 Å². The summed E-state index contributed by atoms with van der Waals surface area (Å²) in [6.45, 7) is 0.269. The summed E-state index contributed by atoms with van der Waals surface area (Å²) in [5, 5.41) is 8.60. The van der Waals surface area contributed by atoms with E-state index in [1.165, 1.54) is 16.8 Å². The van der Waals surface area contributed by atoms with E-state index in [-0.39, 0.29) is 12.6 Å². The molecule has 1 atom stereocenters. The molecule has 62 valence electrons. The van der Waals surface area contributed by atoms with Gasteiger partial charge in [-0.3, -0.25) is 0 Å². The van der Waals surface area contributed by atoms with E-state index in [9.17, 15) is 9.59 Å². The van der Waals surface area contributed by atoms with Gasteiger partial charge in [0.1, 0.15) is 6.04 Å². The number of carbonyl (C=O) groups excluding carboxylic acids is 1. The molecule has 1 N–H and O–H groups in total.